The number of nitrogens with two attached hydrogens (primary N) is 1. The van der Waals surface area contributed by atoms with Crippen LogP contribution in [0.2, 0.25) is 0 Å². The van der Waals surface area contributed by atoms with Crippen molar-refractivity contribution in [2.45, 2.75) is 26.4 Å². The molecule has 0 spiro atoms. The molecule has 3 heteroatoms. The number of aliphatic hydroxyl groups excluding tert-OH is 1. The minimum absolute atomic E-state index is 0.0564. The zero-order valence-corrected chi connectivity index (χ0v) is 9.82. The zero-order chi connectivity index (χ0) is 11.5. The molecule has 2 rings (SSSR count). The van der Waals surface area contributed by atoms with Gasteiger partial charge in [0.15, 0.2) is 0 Å². The minimum Gasteiger partial charge on any atom is -0.397 e. The van der Waals surface area contributed by atoms with Gasteiger partial charge in [-0.25, -0.2) is 0 Å². The van der Waals surface area contributed by atoms with Gasteiger partial charge in [0.2, 0.25) is 0 Å². The maximum atomic E-state index is 9.04. The standard InChI is InChI=1S/C13H20N2O/c1-10-3-2-6-15(8-10)13-5-4-11(9-16)7-12(13)14/h4-5,7,10,16H,2-3,6,8-9,14H2,1H3/t10-/m0/s1. The van der Waals surface area contributed by atoms with Gasteiger partial charge >= 0.3 is 0 Å². The quantitative estimate of drug-likeness (QED) is 0.749. The Balaban J connectivity index is 2.19. The molecule has 1 fully saturated rings. The van der Waals surface area contributed by atoms with E-state index in [0.717, 1.165) is 35.9 Å². The van der Waals surface area contributed by atoms with Crippen molar-refractivity contribution in [1.29, 1.82) is 0 Å². The van der Waals surface area contributed by atoms with Crippen LogP contribution in [-0.2, 0) is 6.61 Å². The van der Waals surface area contributed by atoms with Crippen molar-refractivity contribution in [3.63, 3.8) is 0 Å². The zero-order valence-electron chi connectivity index (χ0n) is 9.82. The van der Waals surface area contributed by atoms with Gasteiger partial charge in [0.25, 0.3) is 0 Å². The summed E-state index contributed by atoms with van der Waals surface area (Å²) in [6, 6.07) is 5.85. The molecule has 0 amide bonds. The smallest absolute Gasteiger partial charge is 0.0682 e. The van der Waals surface area contributed by atoms with Crippen LogP contribution in [-0.4, -0.2) is 18.2 Å². The van der Waals surface area contributed by atoms with E-state index >= 15 is 0 Å². The van der Waals surface area contributed by atoms with Crippen molar-refractivity contribution in [3.05, 3.63) is 23.8 Å². The monoisotopic (exact) mass is 220 g/mol. The summed E-state index contributed by atoms with van der Waals surface area (Å²) >= 11 is 0. The highest BCUT2D eigenvalue weighted by molar-refractivity contribution is 5.68. The molecule has 1 aliphatic heterocycles. The van der Waals surface area contributed by atoms with Crippen LogP contribution < -0.4 is 10.6 Å². The Morgan fingerprint density at radius 1 is 1.50 bits per heavy atom. The van der Waals surface area contributed by atoms with E-state index in [4.69, 9.17) is 10.8 Å². The maximum absolute atomic E-state index is 9.04. The molecule has 0 saturated carbocycles. The highest BCUT2D eigenvalue weighted by Gasteiger charge is 2.18. The molecule has 1 aromatic rings. The van der Waals surface area contributed by atoms with Crippen LogP contribution in [0, 0.1) is 5.92 Å². The Bertz CT molecular complexity index is 365. The first-order valence-electron chi connectivity index (χ1n) is 5.95. The second kappa shape index (κ2) is 4.74. The maximum Gasteiger partial charge on any atom is 0.0682 e. The highest BCUT2D eigenvalue weighted by atomic mass is 16.3. The Morgan fingerprint density at radius 2 is 2.31 bits per heavy atom. The van der Waals surface area contributed by atoms with E-state index in [0.29, 0.717) is 0 Å². The first kappa shape index (κ1) is 11.3. The molecule has 0 aliphatic carbocycles. The highest BCUT2D eigenvalue weighted by Crippen LogP contribution is 2.28. The summed E-state index contributed by atoms with van der Waals surface area (Å²) in [6.45, 7) is 4.51. The molecule has 16 heavy (non-hydrogen) atoms. The van der Waals surface area contributed by atoms with Crippen LogP contribution >= 0.6 is 0 Å². The molecule has 1 aromatic carbocycles. The molecular formula is C13H20N2O. The number of hydrogen-bond acceptors (Lipinski definition) is 3. The van der Waals surface area contributed by atoms with Crippen LogP contribution in [0.3, 0.4) is 0 Å². The van der Waals surface area contributed by atoms with Crippen LogP contribution in [0.5, 0.6) is 0 Å². The summed E-state index contributed by atoms with van der Waals surface area (Å²) in [5.74, 6) is 0.741. The molecule has 1 saturated heterocycles. The molecule has 1 atom stereocenters. The van der Waals surface area contributed by atoms with Crippen LogP contribution in [0.4, 0.5) is 11.4 Å². The van der Waals surface area contributed by atoms with Crippen molar-refractivity contribution in [2.75, 3.05) is 23.7 Å². The van der Waals surface area contributed by atoms with Crippen LogP contribution in [0.1, 0.15) is 25.3 Å². The van der Waals surface area contributed by atoms with Crippen molar-refractivity contribution in [2.24, 2.45) is 5.92 Å². The molecule has 1 heterocycles. The Hall–Kier alpha value is -1.22. The van der Waals surface area contributed by atoms with E-state index in [-0.39, 0.29) is 6.61 Å². The normalized spacial score (nSPS) is 21.1. The van der Waals surface area contributed by atoms with Gasteiger partial charge in [-0.15, -0.1) is 0 Å². The number of hydrogen-bond donors (Lipinski definition) is 2. The largest absolute Gasteiger partial charge is 0.397 e. The second-order valence-electron chi connectivity index (χ2n) is 4.74. The van der Waals surface area contributed by atoms with Crippen LogP contribution in [0.25, 0.3) is 0 Å². The fraction of sp³-hybridized carbons (Fsp3) is 0.538. The summed E-state index contributed by atoms with van der Waals surface area (Å²) in [6.07, 6.45) is 2.55. The number of nitrogen functional groups attached to an aromatic ring is 1. The fourth-order valence-corrected chi connectivity index (χ4v) is 2.40. The molecule has 3 N–H and O–H groups in total. The molecule has 0 radical (unpaired) electrons. The van der Waals surface area contributed by atoms with Crippen molar-refractivity contribution in [1.82, 2.24) is 0 Å². The molecule has 0 unspecified atom stereocenters. The van der Waals surface area contributed by atoms with Crippen molar-refractivity contribution in [3.8, 4) is 0 Å². The number of benzene rings is 1. The minimum atomic E-state index is 0.0564. The number of aliphatic hydroxyl groups is 1. The van der Waals surface area contributed by atoms with E-state index in [2.05, 4.69) is 11.8 Å². The molecule has 0 aromatic heterocycles. The van der Waals surface area contributed by atoms with Gasteiger partial charge < -0.3 is 15.7 Å². The Kier molecular flexibility index (Phi) is 3.34. The van der Waals surface area contributed by atoms with Gasteiger partial charge in [-0.1, -0.05) is 13.0 Å². The first-order valence-corrected chi connectivity index (χ1v) is 5.95. The predicted molar refractivity (Wildman–Crippen MR) is 67.4 cm³/mol. The lowest BCUT2D eigenvalue weighted by atomic mass is 9.99. The summed E-state index contributed by atoms with van der Waals surface area (Å²) < 4.78 is 0. The predicted octanol–water partition coefficient (Wildman–Crippen LogP) is 2.00. The lowest BCUT2D eigenvalue weighted by molar-refractivity contribution is 0.282. The third kappa shape index (κ3) is 2.30. The first-order chi connectivity index (χ1) is 7.70. The summed E-state index contributed by atoms with van der Waals surface area (Å²) in [7, 11) is 0. The van der Waals surface area contributed by atoms with Gasteiger partial charge in [0.1, 0.15) is 0 Å². The summed E-state index contributed by atoms with van der Waals surface area (Å²) in [5, 5.41) is 9.04. The second-order valence-corrected chi connectivity index (χ2v) is 4.74. The molecular weight excluding hydrogens is 200 g/mol. The average Bonchev–Trinajstić information content (AvgIpc) is 2.28. The van der Waals surface area contributed by atoms with Gasteiger partial charge in [0, 0.05) is 13.1 Å². The fourth-order valence-electron chi connectivity index (χ4n) is 2.40. The van der Waals surface area contributed by atoms with Crippen molar-refractivity contribution < 1.29 is 5.11 Å². The topological polar surface area (TPSA) is 49.5 Å². The third-order valence-electron chi connectivity index (χ3n) is 3.27. The summed E-state index contributed by atoms with van der Waals surface area (Å²) in [4.78, 5) is 2.35. The van der Waals surface area contributed by atoms with Gasteiger partial charge in [-0.05, 0) is 36.5 Å². The molecule has 1 aliphatic rings. The Labute approximate surface area is 96.9 Å². The van der Waals surface area contributed by atoms with Gasteiger partial charge in [0.05, 0.1) is 18.0 Å². The number of rotatable bonds is 2. The number of anilines is 2. The van der Waals surface area contributed by atoms with E-state index in [1.165, 1.54) is 12.8 Å². The average molecular weight is 220 g/mol. The van der Waals surface area contributed by atoms with E-state index in [1.54, 1.807) is 0 Å². The SMILES string of the molecule is C[C@H]1CCCN(c2ccc(CO)cc2N)C1. The Morgan fingerprint density at radius 3 is 2.94 bits per heavy atom. The van der Waals surface area contributed by atoms with Crippen molar-refractivity contribution >= 4 is 11.4 Å². The number of piperidine rings is 1. The van der Waals surface area contributed by atoms with Gasteiger partial charge in [-0.2, -0.15) is 0 Å². The van der Waals surface area contributed by atoms with E-state index in [1.807, 2.05) is 18.2 Å². The van der Waals surface area contributed by atoms with Crippen LogP contribution in [0.15, 0.2) is 18.2 Å². The lowest BCUT2D eigenvalue weighted by Gasteiger charge is -2.33. The molecule has 88 valence electrons. The van der Waals surface area contributed by atoms with E-state index in [9.17, 15) is 0 Å². The van der Waals surface area contributed by atoms with Gasteiger partial charge in [-0.3, -0.25) is 0 Å². The lowest BCUT2D eigenvalue weighted by Crippen LogP contribution is -2.34. The molecule has 0 bridgehead atoms. The van der Waals surface area contributed by atoms with E-state index < -0.39 is 0 Å². The summed E-state index contributed by atoms with van der Waals surface area (Å²) in [5.41, 5.74) is 8.79. The third-order valence-corrected chi connectivity index (χ3v) is 3.27. The number of nitrogens with zero attached hydrogens (tertiary/aromatic N) is 1. The molecule has 3 nitrogen and oxygen atoms in total.